The van der Waals surface area contributed by atoms with E-state index in [4.69, 9.17) is 5.73 Å². The molecule has 0 radical (unpaired) electrons. The predicted molar refractivity (Wildman–Crippen MR) is 72.7 cm³/mol. The number of anilines is 1. The highest BCUT2D eigenvalue weighted by atomic mass is 32.2. The van der Waals surface area contributed by atoms with Crippen molar-refractivity contribution in [3.8, 4) is 5.75 Å². The summed E-state index contributed by atoms with van der Waals surface area (Å²) in [5.74, 6) is -1.42. The standard InChI is InChI=1S/C14H12F3NOS/c1-8-3-2-4-9(5-8)20-13-7-12(19-14(16)17)10(15)6-11(13)18/h2-7,14H,18H2,1H3. The van der Waals surface area contributed by atoms with Crippen LogP contribution in [0.5, 0.6) is 5.75 Å². The fourth-order valence-electron chi connectivity index (χ4n) is 1.63. The zero-order chi connectivity index (χ0) is 14.7. The van der Waals surface area contributed by atoms with E-state index >= 15 is 0 Å². The van der Waals surface area contributed by atoms with Gasteiger partial charge in [0.05, 0.1) is 0 Å². The normalized spacial score (nSPS) is 10.8. The van der Waals surface area contributed by atoms with Gasteiger partial charge in [0.1, 0.15) is 0 Å². The Balaban J connectivity index is 2.31. The molecule has 6 heteroatoms. The Bertz CT molecular complexity index is 619. The van der Waals surface area contributed by atoms with E-state index in [1.54, 1.807) is 0 Å². The zero-order valence-corrected chi connectivity index (χ0v) is 11.4. The summed E-state index contributed by atoms with van der Waals surface area (Å²) in [5.41, 5.74) is 6.93. The van der Waals surface area contributed by atoms with Gasteiger partial charge in [-0.25, -0.2) is 4.39 Å². The summed E-state index contributed by atoms with van der Waals surface area (Å²) in [6, 6.07) is 9.74. The lowest BCUT2D eigenvalue weighted by molar-refractivity contribution is -0.0523. The van der Waals surface area contributed by atoms with E-state index in [0.717, 1.165) is 16.5 Å². The molecule has 0 aromatic heterocycles. The molecule has 0 aliphatic heterocycles. The quantitative estimate of drug-likeness (QED) is 0.846. The van der Waals surface area contributed by atoms with Gasteiger partial charge in [-0.05, 0) is 25.1 Å². The molecule has 0 amide bonds. The van der Waals surface area contributed by atoms with Gasteiger partial charge in [0, 0.05) is 21.5 Å². The van der Waals surface area contributed by atoms with Crippen molar-refractivity contribution in [1.29, 1.82) is 0 Å². The van der Waals surface area contributed by atoms with Crippen LogP contribution in [0.15, 0.2) is 46.2 Å². The van der Waals surface area contributed by atoms with Crippen LogP contribution in [0.4, 0.5) is 18.9 Å². The molecule has 2 aromatic carbocycles. The Labute approximate surface area is 118 Å². The fourth-order valence-corrected chi connectivity index (χ4v) is 2.62. The summed E-state index contributed by atoms with van der Waals surface area (Å²) in [7, 11) is 0. The molecule has 2 N–H and O–H groups in total. The van der Waals surface area contributed by atoms with Crippen molar-refractivity contribution in [2.75, 3.05) is 5.73 Å². The Morgan fingerprint density at radius 3 is 2.60 bits per heavy atom. The van der Waals surface area contributed by atoms with Gasteiger partial charge < -0.3 is 10.5 Å². The Morgan fingerprint density at radius 2 is 1.95 bits per heavy atom. The zero-order valence-electron chi connectivity index (χ0n) is 10.6. The van der Waals surface area contributed by atoms with Crippen LogP contribution in [0.3, 0.4) is 0 Å². The van der Waals surface area contributed by atoms with Gasteiger partial charge >= 0.3 is 6.61 Å². The first-order valence-electron chi connectivity index (χ1n) is 5.74. The van der Waals surface area contributed by atoms with E-state index in [-0.39, 0.29) is 5.69 Å². The van der Waals surface area contributed by atoms with E-state index in [9.17, 15) is 13.2 Å². The number of ether oxygens (including phenoxy) is 1. The molecule has 0 unspecified atom stereocenters. The minimum atomic E-state index is -3.08. The average Bonchev–Trinajstić information content (AvgIpc) is 2.34. The molecule has 0 saturated heterocycles. The van der Waals surface area contributed by atoms with Crippen LogP contribution in [-0.4, -0.2) is 6.61 Å². The lowest BCUT2D eigenvalue weighted by Crippen LogP contribution is -2.04. The molecule has 0 aliphatic carbocycles. The number of nitrogen functional groups attached to an aromatic ring is 1. The third-order valence-electron chi connectivity index (χ3n) is 2.50. The van der Waals surface area contributed by atoms with Crippen molar-refractivity contribution in [3.63, 3.8) is 0 Å². The fraction of sp³-hybridized carbons (Fsp3) is 0.143. The van der Waals surface area contributed by atoms with Gasteiger partial charge in [0.25, 0.3) is 0 Å². The van der Waals surface area contributed by atoms with Crippen LogP contribution >= 0.6 is 11.8 Å². The van der Waals surface area contributed by atoms with Gasteiger partial charge in [-0.1, -0.05) is 29.5 Å². The van der Waals surface area contributed by atoms with E-state index in [0.29, 0.717) is 4.90 Å². The maximum atomic E-state index is 13.4. The molecule has 0 saturated carbocycles. The first-order valence-corrected chi connectivity index (χ1v) is 6.55. The lowest BCUT2D eigenvalue weighted by atomic mass is 10.2. The average molecular weight is 299 g/mol. The maximum Gasteiger partial charge on any atom is 0.387 e. The van der Waals surface area contributed by atoms with E-state index in [2.05, 4.69) is 4.74 Å². The van der Waals surface area contributed by atoms with Gasteiger partial charge in [-0.2, -0.15) is 8.78 Å². The summed E-state index contributed by atoms with van der Waals surface area (Å²) in [5, 5.41) is 0. The second-order valence-electron chi connectivity index (χ2n) is 4.12. The SMILES string of the molecule is Cc1cccc(Sc2cc(OC(F)F)c(F)cc2N)c1. The van der Waals surface area contributed by atoms with Crippen molar-refractivity contribution >= 4 is 17.4 Å². The molecule has 106 valence electrons. The summed E-state index contributed by atoms with van der Waals surface area (Å²) in [6.07, 6.45) is 0. The monoisotopic (exact) mass is 299 g/mol. The largest absolute Gasteiger partial charge is 0.432 e. The summed E-state index contributed by atoms with van der Waals surface area (Å²) in [6.45, 7) is -1.14. The molecule has 0 heterocycles. The van der Waals surface area contributed by atoms with E-state index in [1.807, 2.05) is 31.2 Å². The summed E-state index contributed by atoms with van der Waals surface area (Å²) < 4.78 is 41.9. The molecular weight excluding hydrogens is 287 g/mol. The highest BCUT2D eigenvalue weighted by Gasteiger charge is 2.14. The Hall–Kier alpha value is -1.82. The number of alkyl halides is 2. The maximum absolute atomic E-state index is 13.4. The van der Waals surface area contributed by atoms with Gasteiger partial charge in [-0.15, -0.1) is 0 Å². The van der Waals surface area contributed by atoms with Gasteiger partial charge in [0.2, 0.25) is 0 Å². The Morgan fingerprint density at radius 1 is 1.20 bits per heavy atom. The van der Waals surface area contributed by atoms with Crippen LogP contribution in [0.2, 0.25) is 0 Å². The van der Waals surface area contributed by atoms with Crippen molar-refractivity contribution < 1.29 is 17.9 Å². The second-order valence-corrected chi connectivity index (χ2v) is 5.23. The molecule has 2 rings (SSSR count). The first kappa shape index (κ1) is 14.6. The third-order valence-corrected chi connectivity index (χ3v) is 3.56. The lowest BCUT2D eigenvalue weighted by Gasteiger charge is -2.11. The second kappa shape index (κ2) is 6.09. The number of nitrogens with two attached hydrogens (primary N) is 1. The number of aryl methyl sites for hydroxylation is 1. The van der Waals surface area contributed by atoms with Crippen LogP contribution in [0, 0.1) is 12.7 Å². The summed E-state index contributed by atoms with van der Waals surface area (Å²) >= 11 is 1.26. The molecule has 0 spiro atoms. The Kier molecular flexibility index (Phi) is 4.44. The molecule has 0 atom stereocenters. The minimum Gasteiger partial charge on any atom is -0.432 e. The number of rotatable bonds is 4. The summed E-state index contributed by atoms with van der Waals surface area (Å²) in [4.78, 5) is 1.35. The van der Waals surface area contributed by atoms with E-state index in [1.165, 1.54) is 17.8 Å². The van der Waals surface area contributed by atoms with E-state index < -0.39 is 18.2 Å². The molecule has 0 bridgehead atoms. The van der Waals surface area contributed by atoms with Crippen molar-refractivity contribution in [3.05, 3.63) is 47.8 Å². The van der Waals surface area contributed by atoms with Crippen LogP contribution in [0.1, 0.15) is 5.56 Å². The minimum absolute atomic E-state index is 0.177. The molecular formula is C14H12F3NOS. The number of benzene rings is 2. The smallest absolute Gasteiger partial charge is 0.387 e. The first-order chi connectivity index (χ1) is 9.45. The van der Waals surface area contributed by atoms with Gasteiger partial charge in [0.15, 0.2) is 11.6 Å². The highest BCUT2D eigenvalue weighted by Crippen LogP contribution is 2.36. The highest BCUT2D eigenvalue weighted by molar-refractivity contribution is 7.99. The molecule has 0 aliphatic rings. The third kappa shape index (κ3) is 3.60. The van der Waals surface area contributed by atoms with Crippen molar-refractivity contribution in [2.24, 2.45) is 0 Å². The number of hydrogen-bond donors (Lipinski definition) is 1. The molecule has 0 fully saturated rings. The molecule has 2 nitrogen and oxygen atoms in total. The van der Waals surface area contributed by atoms with Crippen LogP contribution < -0.4 is 10.5 Å². The predicted octanol–water partition coefficient (Wildman–Crippen LogP) is 4.47. The van der Waals surface area contributed by atoms with Crippen LogP contribution in [0.25, 0.3) is 0 Å². The van der Waals surface area contributed by atoms with Crippen LogP contribution in [-0.2, 0) is 0 Å². The topological polar surface area (TPSA) is 35.2 Å². The number of hydrogen-bond acceptors (Lipinski definition) is 3. The van der Waals surface area contributed by atoms with Gasteiger partial charge in [-0.3, -0.25) is 0 Å². The molecule has 20 heavy (non-hydrogen) atoms. The van der Waals surface area contributed by atoms with Crippen molar-refractivity contribution in [1.82, 2.24) is 0 Å². The number of halogens is 3. The van der Waals surface area contributed by atoms with Crippen molar-refractivity contribution in [2.45, 2.75) is 23.3 Å². The molecule has 2 aromatic rings.